The highest BCUT2D eigenvalue weighted by Crippen LogP contribution is 2.45. The number of rotatable bonds is 7. The molecule has 3 radical (unpaired) electrons. The van der Waals surface area contributed by atoms with Crippen molar-refractivity contribution in [2.24, 2.45) is 10.7 Å². The molecule has 5 atom stereocenters. The van der Waals surface area contributed by atoms with Crippen molar-refractivity contribution >= 4 is 27.8 Å². The molecule has 2 fully saturated rings. The van der Waals surface area contributed by atoms with Crippen LogP contribution in [0.3, 0.4) is 0 Å². The number of nitrogens with two attached hydrogens (primary N) is 1. The molecule has 3 aliphatic heterocycles. The van der Waals surface area contributed by atoms with Gasteiger partial charge in [-0.15, -0.1) is 6.58 Å². The Kier molecular flexibility index (Phi) is 7.62. The SMILES string of the molecule is C=C[C@@]1([Si])[C@@H](Cc2cccc(OC(F)F)c2)OC[C@@H](C)N1C(=O)c1cc2c(cn1)N=C(N)N1[C@@H]2CC[C@@H]1C(F)F. The van der Waals surface area contributed by atoms with Crippen molar-refractivity contribution in [1.29, 1.82) is 0 Å². The zero-order valence-electron chi connectivity index (χ0n) is 21.6. The van der Waals surface area contributed by atoms with E-state index in [1.807, 2.05) is 6.92 Å². The van der Waals surface area contributed by atoms with Crippen molar-refractivity contribution in [1.82, 2.24) is 14.8 Å². The first-order valence-electron chi connectivity index (χ1n) is 12.8. The number of alkyl halides is 4. The minimum Gasteiger partial charge on any atom is -0.435 e. The highest BCUT2D eigenvalue weighted by Gasteiger charge is 2.48. The number of halogens is 4. The number of hydrogen-bond donors (Lipinski definition) is 1. The number of benzene rings is 1. The van der Waals surface area contributed by atoms with E-state index >= 15 is 0 Å². The van der Waals surface area contributed by atoms with E-state index < -0.39 is 48.3 Å². The van der Waals surface area contributed by atoms with Crippen LogP contribution in [0.5, 0.6) is 5.75 Å². The third kappa shape index (κ3) is 4.96. The first kappa shape index (κ1) is 28.1. The summed E-state index contributed by atoms with van der Waals surface area (Å²) in [5.74, 6) is -0.398. The lowest BCUT2D eigenvalue weighted by molar-refractivity contribution is -0.0850. The molecule has 5 rings (SSSR count). The van der Waals surface area contributed by atoms with Gasteiger partial charge in [-0.3, -0.25) is 4.79 Å². The Labute approximate surface area is 232 Å². The minimum atomic E-state index is -2.96. The Balaban J connectivity index is 1.44. The molecule has 1 aromatic heterocycles. The van der Waals surface area contributed by atoms with Gasteiger partial charge in [-0.1, -0.05) is 18.2 Å². The molecular weight excluding hydrogens is 546 g/mol. The topological polar surface area (TPSA) is 93.3 Å². The van der Waals surface area contributed by atoms with Crippen LogP contribution in [0.25, 0.3) is 0 Å². The van der Waals surface area contributed by atoms with Gasteiger partial charge in [-0.25, -0.2) is 18.8 Å². The van der Waals surface area contributed by atoms with Crippen LogP contribution in [0.1, 0.15) is 47.4 Å². The first-order valence-corrected chi connectivity index (χ1v) is 13.3. The van der Waals surface area contributed by atoms with Gasteiger partial charge >= 0.3 is 6.61 Å². The molecule has 40 heavy (non-hydrogen) atoms. The van der Waals surface area contributed by atoms with E-state index in [0.29, 0.717) is 23.2 Å². The Hall–Kier alpha value is -3.45. The normalized spacial score (nSPS) is 27.9. The van der Waals surface area contributed by atoms with Gasteiger partial charge in [0, 0.05) is 12.0 Å². The van der Waals surface area contributed by atoms with Crippen LogP contribution in [0.2, 0.25) is 0 Å². The average molecular weight is 575 g/mol. The van der Waals surface area contributed by atoms with E-state index in [2.05, 4.69) is 31.5 Å². The summed E-state index contributed by atoms with van der Waals surface area (Å²) in [5.41, 5.74) is 7.85. The van der Waals surface area contributed by atoms with Crippen LogP contribution in [-0.4, -0.2) is 79.9 Å². The molecule has 2 saturated heterocycles. The van der Waals surface area contributed by atoms with Crippen LogP contribution in [0.4, 0.5) is 23.2 Å². The third-order valence-corrected chi connectivity index (χ3v) is 8.42. The van der Waals surface area contributed by atoms with Crippen LogP contribution in [-0.2, 0) is 11.2 Å². The fourth-order valence-electron chi connectivity index (χ4n) is 5.82. The van der Waals surface area contributed by atoms with Gasteiger partial charge in [0.1, 0.15) is 11.4 Å². The maximum absolute atomic E-state index is 14.0. The quantitative estimate of drug-likeness (QED) is 0.306. The molecule has 1 aromatic carbocycles. The second-order valence-corrected chi connectivity index (χ2v) is 10.9. The summed E-state index contributed by atoms with van der Waals surface area (Å²) in [6.07, 6.45) is 0.704. The van der Waals surface area contributed by atoms with Crippen molar-refractivity contribution in [3.05, 3.63) is 66.0 Å². The Morgan fingerprint density at radius 1 is 1.32 bits per heavy atom. The van der Waals surface area contributed by atoms with Crippen molar-refractivity contribution in [3.63, 3.8) is 0 Å². The Morgan fingerprint density at radius 3 is 2.80 bits per heavy atom. The summed E-state index contributed by atoms with van der Waals surface area (Å²) in [6.45, 7) is 2.99. The fourth-order valence-corrected chi connectivity index (χ4v) is 6.33. The summed E-state index contributed by atoms with van der Waals surface area (Å²) < 4.78 is 63.4. The number of hydrogen-bond acceptors (Lipinski definition) is 7. The predicted octanol–water partition coefficient (Wildman–Crippen LogP) is 3.94. The molecule has 8 nitrogen and oxygen atoms in total. The lowest BCUT2D eigenvalue weighted by Crippen LogP contribution is -2.67. The van der Waals surface area contributed by atoms with E-state index in [9.17, 15) is 22.4 Å². The number of guanidine groups is 1. The van der Waals surface area contributed by atoms with Crippen molar-refractivity contribution in [2.75, 3.05) is 6.61 Å². The van der Waals surface area contributed by atoms with E-state index in [1.165, 1.54) is 23.2 Å². The fraction of sp³-hybridized carbons (Fsp3) is 0.444. The number of nitrogens with zero attached hydrogens (tertiary/aromatic N) is 4. The molecule has 0 bridgehead atoms. The maximum Gasteiger partial charge on any atom is 0.387 e. The second-order valence-electron chi connectivity index (χ2n) is 10.1. The van der Waals surface area contributed by atoms with Crippen LogP contribution >= 0.6 is 0 Å². The summed E-state index contributed by atoms with van der Waals surface area (Å²) in [4.78, 5) is 25.6. The molecule has 3 aliphatic rings. The van der Waals surface area contributed by atoms with Gasteiger partial charge in [-0.05, 0) is 43.5 Å². The van der Waals surface area contributed by atoms with Gasteiger partial charge in [0.15, 0.2) is 5.96 Å². The Bertz CT molecular complexity index is 1330. The van der Waals surface area contributed by atoms with Crippen LogP contribution in [0.15, 0.2) is 54.2 Å². The van der Waals surface area contributed by atoms with Crippen LogP contribution in [0, 0.1) is 0 Å². The first-order chi connectivity index (χ1) is 19.0. The molecule has 0 spiro atoms. The van der Waals surface area contributed by atoms with Crippen LogP contribution < -0.4 is 10.5 Å². The standard InChI is InChI=1S/C27H28F4N5O3Si/c1-3-27(40)22(10-15-5-4-6-16(9-15)39-25(30)31)38-13-14(2)36(27)24(37)18-11-17-19(12-33-18)34-26(32)35-20(17)7-8-21(35)23(28)29/h3-6,9,11-12,14,20-23,25H,1,7-8,10,13H2,2H3,(H2,32,34)/t14-,20-,21-,22-,27-/m1/s1. The number of fused-ring (bicyclic) bond motifs is 3. The summed E-state index contributed by atoms with van der Waals surface area (Å²) in [5, 5.41) is -1.19. The highest BCUT2D eigenvalue weighted by molar-refractivity contribution is 6.19. The van der Waals surface area contributed by atoms with Gasteiger partial charge in [-0.2, -0.15) is 8.78 Å². The number of pyridine rings is 1. The van der Waals surface area contributed by atoms with Gasteiger partial charge in [0.25, 0.3) is 12.3 Å². The molecule has 0 unspecified atom stereocenters. The number of morpholine rings is 1. The third-order valence-electron chi connectivity index (χ3n) is 7.65. The molecule has 13 heteroatoms. The van der Waals surface area contributed by atoms with Gasteiger partial charge < -0.3 is 25.0 Å². The predicted molar refractivity (Wildman–Crippen MR) is 140 cm³/mol. The second kappa shape index (κ2) is 10.8. The van der Waals surface area contributed by atoms with E-state index in [1.54, 1.807) is 29.2 Å². The summed E-state index contributed by atoms with van der Waals surface area (Å²) in [7, 11) is 3.76. The van der Waals surface area contributed by atoms with Crippen molar-refractivity contribution in [2.45, 2.75) is 68.6 Å². The molecule has 0 aliphatic carbocycles. The van der Waals surface area contributed by atoms with Gasteiger partial charge in [0.2, 0.25) is 0 Å². The molecule has 2 N–H and O–H groups in total. The monoisotopic (exact) mass is 574 g/mol. The number of carbonyl (C=O) groups excluding carboxylic acids is 1. The van der Waals surface area contributed by atoms with Gasteiger partial charge in [0.05, 0.1) is 58.1 Å². The zero-order chi connectivity index (χ0) is 28.8. The van der Waals surface area contributed by atoms with Crippen molar-refractivity contribution < 1.29 is 31.8 Å². The maximum atomic E-state index is 14.0. The summed E-state index contributed by atoms with van der Waals surface area (Å²) in [6, 6.07) is 5.98. The Morgan fingerprint density at radius 2 is 2.10 bits per heavy atom. The van der Waals surface area contributed by atoms with E-state index in [-0.39, 0.29) is 36.9 Å². The number of aliphatic imine (C=N–C) groups is 1. The highest BCUT2D eigenvalue weighted by atomic mass is 28.1. The number of amides is 1. The largest absolute Gasteiger partial charge is 0.435 e. The molecule has 4 heterocycles. The molecule has 1 amide bonds. The molecular formula is C27H28F4N5O3Si. The molecule has 0 saturated carbocycles. The average Bonchev–Trinajstić information content (AvgIpc) is 3.37. The lowest BCUT2D eigenvalue weighted by atomic mass is 9.95. The number of carbonyl (C=O) groups is 1. The van der Waals surface area contributed by atoms with Crippen molar-refractivity contribution in [3.8, 4) is 5.75 Å². The molecule has 2 aromatic rings. The number of ether oxygens (including phenoxy) is 2. The van der Waals surface area contributed by atoms with E-state index in [0.717, 1.165) is 0 Å². The number of aromatic nitrogens is 1. The zero-order valence-corrected chi connectivity index (χ0v) is 22.6. The smallest absolute Gasteiger partial charge is 0.387 e. The van der Waals surface area contributed by atoms with E-state index in [4.69, 9.17) is 10.5 Å². The molecule has 211 valence electrons. The lowest BCUT2D eigenvalue weighted by Gasteiger charge is -2.51. The summed E-state index contributed by atoms with van der Waals surface area (Å²) >= 11 is 0. The minimum absolute atomic E-state index is 0.0133.